The Hall–Kier alpha value is -0.520. The predicted octanol–water partition coefficient (Wildman–Crippen LogP) is 3.43. The molecule has 0 radical (unpaired) electrons. The number of piperidine rings is 1. The summed E-state index contributed by atoms with van der Waals surface area (Å²) in [6.45, 7) is 2.83. The Bertz CT molecular complexity index is 499. The summed E-state index contributed by atoms with van der Waals surface area (Å²) in [4.78, 5) is 14.3. The van der Waals surface area contributed by atoms with Crippen LogP contribution in [0.4, 0.5) is 5.69 Å². The van der Waals surface area contributed by atoms with Crippen molar-refractivity contribution in [3.8, 4) is 0 Å². The van der Waals surface area contributed by atoms with Crippen LogP contribution in [0.15, 0.2) is 18.2 Å². The topological polar surface area (TPSA) is 44.4 Å². The van der Waals surface area contributed by atoms with Gasteiger partial charge in [-0.25, -0.2) is 0 Å². The molecule has 22 heavy (non-hydrogen) atoms. The summed E-state index contributed by atoms with van der Waals surface area (Å²) in [6, 6.07) is 5.58. The molecule has 0 aromatic heterocycles. The van der Waals surface area contributed by atoms with Gasteiger partial charge < -0.3 is 15.5 Å². The highest BCUT2D eigenvalue weighted by atomic mass is 35.5. The molecule has 0 aliphatic carbocycles. The van der Waals surface area contributed by atoms with Crippen molar-refractivity contribution in [1.29, 1.82) is 0 Å². The number of benzene rings is 1. The Kier molecular flexibility index (Phi) is 8.50. The third-order valence-electron chi connectivity index (χ3n) is 3.77. The van der Waals surface area contributed by atoms with Crippen LogP contribution in [0.25, 0.3) is 0 Å². The molecule has 1 atom stereocenters. The second kappa shape index (κ2) is 9.58. The van der Waals surface area contributed by atoms with Crippen molar-refractivity contribution in [3.63, 3.8) is 0 Å². The maximum atomic E-state index is 12.0. The Balaban J connectivity index is 0.00000242. The van der Waals surface area contributed by atoms with Crippen molar-refractivity contribution in [2.75, 3.05) is 32.0 Å². The molecule has 0 bridgehead atoms. The summed E-state index contributed by atoms with van der Waals surface area (Å²) in [5.74, 6) is -0.0363. The molecule has 1 aliphatic heterocycles. The van der Waals surface area contributed by atoms with E-state index >= 15 is 0 Å². The number of likely N-dealkylation sites (tertiary alicyclic amines) is 1. The average Bonchev–Trinajstić information content (AvgIpc) is 2.49. The molecule has 7 heteroatoms. The van der Waals surface area contributed by atoms with Gasteiger partial charge in [0.25, 0.3) is 0 Å². The first-order valence-electron chi connectivity index (χ1n) is 7.23. The van der Waals surface area contributed by atoms with E-state index in [1.54, 1.807) is 18.2 Å². The number of rotatable bonds is 5. The number of hydrogen-bond acceptors (Lipinski definition) is 3. The standard InChI is InChI=1S/C15H21Cl2N3O.ClH/c1-18-12-3-2-7-20(10-12)8-6-15(21)19-14-9-11(16)4-5-13(14)17;/h4-5,9,12,18H,2-3,6-8,10H2,1H3,(H,19,21);1H. The molecule has 1 fully saturated rings. The lowest BCUT2D eigenvalue weighted by Crippen LogP contribution is -2.45. The van der Waals surface area contributed by atoms with Crippen molar-refractivity contribution in [2.24, 2.45) is 0 Å². The Morgan fingerprint density at radius 1 is 1.41 bits per heavy atom. The lowest BCUT2D eigenvalue weighted by Gasteiger charge is -2.32. The summed E-state index contributed by atoms with van der Waals surface area (Å²) in [5, 5.41) is 7.18. The van der Waals surface area contributed by atoms with E-state index in [0.29, 0.717) is 28.2 Å². The van der Waals surface area contributed by atoms with E-state index in [2.05, 4.69) is 15.5 Å². The minimum absolute atomic E-state index is 0. The molecule has 1 amide bonds. The van der Waals surface area contributed by atoms with Crippen molar-refractivity contribution < 1.29 is 4.79 Å². The lowest BCUT2D eigenvalue weighted by atomic mass is 10.1. The molecule has 1 aliphatic rings. The number of carbonyl (C=O) groups is 1. The van der Waals surface area contributed by atoms with Crippen LogP contribution >= 0.6 is 35.6 Å². The maximum Gasteiger partial charge on any atom is 0.225 e. The van der Waals surface area contributed by atoms with Gasteiger partial charge in [-0.15, -0.1) is 12.4 Å². The van der Waals surface area contributed by atoms with Crippen LogP contribution in [-0.2, 0) is 4.79 Å². The van der Waals surface area contributed by atoms with Crippen LogP contribution in [0, 0.1) is 0 Å². The summed E-state index contributed by atoms with van der Waals surface area (Å²) < 4.78 is 0. The highest BCUT2D eigenvalue weighted by Crippen LogP contribution is 2.25. The van der Waals surface area contributed by atoms with Crippen LogP contribution in [-0.4, -0.2) is 43.5 Å². The quantitative estimate of drug-likeness (QED) is 0.839. The SMILES string of the molecule is CNC1CCCN(CCC(=O)Nc2cc(Cl)ccc2Cl)C1.Cl. The molecule has 1 aromatic carbocycles. The monoisotopic (exact) mass is 365 g/mol. The maximum absolute atomic E-state index is 12.0. The number of carbonyl (C=O) groups excluding carboxylic acids is 1. The zero-order valence-corrected chi connectivity index (χ0v) is 14.9. The Labute approximate surface area is 147 Å². The van der Waals surface area contributed by atoms with Crippen LogP contribution in [0.2, 0.25) is 10.0 Å². The number of likely N-dealkylation sites (N-methyl/N-ethyl adjacent to an activating group) is 1. The normalized spacial score (nSPS) is 18.6. The molecule has 124 valence electrons. The van der Waals surface area contributed by atoms with Gasteiger partial charge in [0.15, 0.2) is 0 Å². The first-order chi connectivity index (χ1) is 10.1. The van der Waals surface area contributed by atoms with Gasteiger partial charge in [0.1, 0.15) is 0 Å². The van der Waals surface area contributed by atoms with Gasteiger partial charge in [-0.05, 0) is 44.6 Å². The third kappa shape index (κ3) is 5.94. The van der Waals surface area contributed by atoms with E-state index in [9.17, 15) is 4.79 Å². The van der Waals surface area contributed by atoms with E-state index in [1.807, 2.05) is 7.05 Å². The molecular weight excluding hydrogens is 345 g/mol. The van der Waals surface area contributed by atoms with Gasteiger partial charge in [0.2, 0.25) is 5.91 Å². The predicted molar refractivity (Wildman–Crippen MR) is 95.5 cm³/mol. The van der Waals surface area contributed by atoms with Crippen LogP contribution < -0.4 is 10.6 Å². The highest BCUT2D eigenvalue weighted by molar-refractivity contribution is 6.35. The fourth-order valence-corrected chi connectivity index (χ4v) is 2.90. The fraction of sp³-hybridized carbons (Fsp3) is 0.533. The van der Waals surface area contributed by atoms with Crippen LogP contribution in [0.3, 0.4) is 0 Å². The number of amides is 1. The van der Waals surface area contributed by atoms with E-state index in [0.717, 1.165) is 19.6 Å². The first-order valence-corrected chi connectivity index (χ1v) is 7.98. The van der Waals surface area contributed by atoms with Gasteiger partial charge in [0.05, 0.1) is 10.7 Å². The second-order valence-electron chi connectivity index (χ2n) is 5.35. The van der Waals surface area contributed by atoms with E-state index < -0.39 is 0 Å². The van der Waals surface area contributed by atoms with Crippen molar-refractivity contribution in [2.45, 2.75) is 25.3 Å². The molecule has 2 rings (SSSR count). The lowest BCUT2D eigenvalue weighted by molar-refractivity contribution is -0.116. The van der Waals surface area contributed by atoms with Crippen molar-refractivity contribution in [3.05, 3.63) is 28.2 Å². The van der Waals surface area contributed by atoms with Gasteiger partial charge in [0, 0.05) is 30.6 Å². The molecule has 1 aromatic rings. The van der Waals surface area contributed by atoms with Gasteiger partial charge >= 0.3 is 0 Å². The first kappa shape index (κ1) is 19.5. The second-order valence-corrected chi connectivity index (χ2v) is 6.19. The number of hydrogen-bond donors (Lipinski definition) is 2. The molecule has 2 N–H and O–H groups in total. The molecular formula is C15H22Cl3N3O. The molecule has 1 saturated heterocycles. The zero-order chi connectivity index (χ0) is 15.2. The third-order valence-corrected chi connectivity index (χ3v) is 4.34. The van der Waals surface area contributed by atoms with Crippen LogP contribution in [0.1, 0.15) is 19.3 Å². The Morgan fingerprint density at radius 3 is 2.91 bits per heavy atom. The van der Waals surface area contributed by atoms with Crippen molar-refractivity contribution in [1.82, 2.24) is 10.2 Å². The van der Waals surface area contributed by atoms with E-state index in [4.69, 9.17) is 23.2 Å². The largest absolute Gasteiger partial charge is 0.325 e. The van der Waals surface area contributed by atoms with Gasteiger partial charge in [-0.2, -0.15) is 0 Å². The van der Waals surface area contributed by atoms with Gasteiger partial charge in [-0.3, -0.25) is 4.79 Å². The fourth-order valence-electron chi connectivity index (χ4n) is 2.56. The molecule has 1 heterocycles. The summed E-state index contributed by atoms with van der Waals surface area (Å²) >= 11 is 11.9. The smallest absolute Gasteiger partial charge is 0.225 e. The van der Waals surface area contributed by atoms with Crippen LogP contribution in [0.5, 0.6) is 0 Å². The van der Waals surface area contributed by atoms with Crippen molar-refractivity contribution >= 4 is 47.2 Å². The molecule has 1 unspecified atom stereocenters. The number of nitrogens with one attached hydrogen (secondary N) is 2. The minimum Gasteiger partial charge on any atom is -0.325 e. The summed E-state index contributed by atoms with van der Waals surface area (Å²) in [5.41, 5.74) is 0.570. The van der Waals surface area contributed by atoms with E-state index in [1.165, 1.54) is 12.8 Å². The molecule has 0 saturated carbocycles. The molecule has 4 nitrogen and oxygen atoms in total. The Morgan fingerprint density at radius 2 is 2.18 bits per heavy atom. The number of halogens is 3. The summed E-state index contributed by atoms with van der Waals surface area (Å²) in [7, 11) is 1.99. The number of anilines is 1. The zero-order valence-electron chi connectivity index (χ0n) is 12.6. The highest BCUT2D eigenvalue weighted by Gasteiger charge is 2.18. The minimum atomic E-state index is -0.0363. The molecule has 0 spiro atoms. The van der Waals surface area contributed by atoms with E-state index in [-0.39, 0.29) is 18.3 Å². The van der Waals surface area contributed by atoms with Gasteiger partial charge in [-0.1, -0.05) is 23.2 Å². The number of nitrogens with zero attached hydrogens (tertiary/aromatic N) is 1. The average molecular weight is 367 g/mol. The summed E-state index contributed by atoms with van der Waals surface area (Å²) in [6.07, 6.45) is 2.84.